The molecule has 1 saturated heterocycles. The summed E-state index contributed by atoms with van der Waals surface area (Å²) in [5, 5.41) is 3.44. The van der Waals surface area contributed by atoms with Crippen molar-refractivity contribution in [3.63, 3.8) is 0 Å². The van der Waals surface area contributed by atoms with Crippen LogP contribution in [0.3, 0.4) is 0 Å². The van der Waals surface area contributed by atoms with E-state index >= 15 is 0 Å². The molecule has 0 aromatic carbocycles. The molecule has 29 heavy (non-hydrogen) atoms. The molecule has 0 spiro atoms. The van der Waals surface area contributed by atoms with Crippen molar-refractivity contribution in [3.8, 4) is 0 Å². The van der Waals surface area contributed by atoms with Crippen molar-refractivity contribution in [2.24, 2.45) is 11.7 Å². The summed E-state index contributed by atoms with van der Waals surface area (Å²) in [6.45, 7) is 11.0. The van der Waals surface area contributed by atoms with Crippen LogP contribution < -0.4 is 11.1 Å². The van der Waals surface area contributed by atoms with Gasteiger partial charge in [-0.3, -0.25) is 4.98 Å². The first-order valence-electron chi connectivity index (χ1n) is 10.4. The van der Waals surface area contributed by atoms with E-state index in [-0.39, 0.29) is 0 Å². The number of pyridine rings is 1. The molecular weight excluding hydrogens is 360 g/mol. The molecule has 5 heteroatoms. The summed E-state index contributed by atoms with van der Waals surface area (Å²) in [6, 6.07) is 4.07. The molecule has 2 rings (SSSR count). The van der Waals surface area contributed by atoms with Crippen LogP contribution in [0.15, 0.2) is 65.9 Å². The molecule has 0 bridgehead atoms. The van der Waals surface area contributed by atoms with E-state index in [4.69, 9.17) is 10.5 Å². The van der Waals surface area contributed by atoms with Crippen molar-refractivity contribution in [2.75, 3.05) is 25.1 Å². The molecule has 5 nitrogen and oxygen atoms in total. The normalized spacial score (nSPS) is 17.0. The van der Waals surface area contributed by atoms with Gasteiger partial charge in [-0.25, -0.2) is 0 Å². The average Bonchev–Trinajstić information content (AvgIpc) is 2.70. The number of aromatic nitrogens is 1. The molecule has 0 saturated carbocycles. The van der Waals surface area contributed by atoms with Crippen LogP contribution in [0.25, 0.3) is 0 Å². The lowest BCUT2D eigenvalue weighted by molar-refractivity contribution is 0.0610. The third kappa shape index (κ3) is 9.01. The van der Waals surface area contributed by atoms with Crippen molar-refractivity contribution in [3.05, 3.63) is 71.6 Å². The van der Waals surface area contributed by atoms with E-state index in [2.05, 4.69) is 59.7 Å². The number of nitrogens with two attached hydrogens (primary N) is 1. The van der Waals surface area contributed by atoms with Crippen LogP contribution in [0.1, 0.15) is 45.7 Å². The third-order valence-electron chi connectivity index (χ3n) is 4.89. The molecular formula is C24H36N4O. The van der Waals surface area contributed by atoms with E-state index < -0.39 is 0 Å². The third-order valence-corrected chi connectivity index (χ3v) is 4.89. The minimum atomic E-state index is 0.649. The number of aryl methyl sites for hydroxylation is 1. The number of rotatable bonds is 9. The Bertz CT molecular complexity index is 741. The molecule has 158 valence electrons. The Kier molecular flexibility index (Phi) is 9.51. The van der Waals surface area contributed by atoms with E-state index in [1.54, 1.807) is 6.20 Å². The van der Waals surface area contributed by atoms with Crippen molar-refractivity contribution >= 4 is 5.69 Å². The molecule has 2 heterocycles. The SMILES string of the molecule is CC(/C=C\C/C(C)=C/N(/C=C(\C)Nc1ccc(C)nc1)CC1CCOCC1)=C/N. The summed E-state index contributed by atoms with van der Waals surface area (Å²) in [5.74, 6) is 0.649. The Morgan fingerprint density at radius 3 is 2.66 bits per heavy atom. The van der Waals surface area contributed by atoms with Gasteiger partial charge in [-0.2, -0.15) is 0 Å². The van der Waals surface area contributed by atoms with Crippen molar-refractivity contribution in [1.29, 1.82) is 0 Å². The lowest BCUT2D eigenvalue weighted by Gasteiger charge is -2.28. The largest absolute Gasteiger partial charge is 0.404 e. The van der Waals surface area contributed by atoms with Gasteiger partial charge in [0, 0.05) is 43.5 Å². The fourth-order valence-electron chi connectivity index (χ4n) is 3.24. The van der Waals surface area contributed by atoms with Crippen molar-refractivity contribution < 1.29 is 4.74 Å². The second-order valence-corrected chi connectivity index (χ2v) is 7.87. The summed E-state index contributed by atoms with van der Waals surface area (Å²) in [5.41, 5.74) is 11.0. The Hall–Kier alpha value is -2.53. The van der Waals surface area contributed by atoms with Crippen LogP contribution in [0.2, 0.25) is 0 Å². The van der Waals surface area contributed by atoms with Gasteiger partial charge in [0.25, 0.3) is 0 Å². The summed E-state index contributed by atoms with van der Waals surface area (Å²) < 4.78 is 5.52. The lowest BCUT2D eigenvalue weighted by atomic mass is 10.00. The number of hydrogen-bond acceptors (Lipinski definition) is 5. The van der Waals surface area contributed by atoms with E-state index in [9.17, 15) is 0 Å². The molecule has 1 aliphatic rings. The van der Waals surface area contributed by atoms with Gasteiger partial charge in [0.15, 0.2) is 0 Å². The zero-order valence-corrected chi connectivity index (χ0v) is 18.3. The van der Waals surface area contributed by atoms with Gasteiger partial charge >= 0.3 is 0 Å². The average molecular weight is 397 g/mol. The molecule has 0 amide bonds. The molecule has 3 N–H and O–H groups in total. The molecule has 1 aliphatic heterocycles. The highest BCUT2D eigenvalue weighted by Gasteiger charge is 2.16. The summed E-state index contributed by atoms with van der Waals surface area (Å²) in [6.07, 6.45) is 15.3. The van der Waals surface area contributed by atoms with Crippen LogP contribution in [0.4, 0.5) is 5.69 Å². The smallest absolute Gasteiger partial charge is 0.0568 e. The zero-order chi connectivity index (χ0) is 21.1. The number of anilines is 1. The number of nitrogens with one attached hydrogen (secondary N) is 1. The second-order valence-electron chi connectivity index (χ2n) is 7.87. The molecule has 0 radical (unpaired) electrons. The quantitative estimate of drug-likeness (QED) is 0.568. The number of ether oxygens (including phenoxy) is 1. The first-order valence-corrected chi connectivity index (χ1v) is 10.4. The highest BCUT2D eigenvalue weighted by molar-refractivity contribution is 5.46. The Morgan fingerprint density at radius 1 is 1.24 bits per heavy atom. The lowest BCUT2D eigenvalue weighted by Crippen LogP contribution is -2.26. The van der Waals surface area contributed by atoms with E-state index in [0.717, 1.165) is 61.7 Å². The molecule has 1 aromatic heterocycles. The van der Waals surface area contributed by atoms with Gasteiger partial charge in [-0.05, 0) is 76.8 Å². The minimum Gasteiger partial charge on any atom is -0.404 e. The summed E-state index contributed by atoms with van der Waals surface area (Å²) in [7, 11) is 0. The van der Waals surface area contributed by atoms with E-state index in [1.807, 2.05) is 26.1 Å². The Morgan fingerprint density at radius 2 is 2.00 bits per heavy atom. The second kappa shape index (κ2) is 12.1. The van der Waals surface area contributed by atoms with Crippen LogP contribution in [-0.2, 0) is 4.74 Å². The molecule has 0 aliphatic carbocycles. The van der Waals surface area contributed by atoms with E-state index in [0.29, 0.717) is 5.92 Å². The minimum absolute atomic E-state index is 0.649. The van der Waals surface area contributed by atoms with Gasteiger partial charge in [0.05, 0.1) is 11.9 Å². The van der Waals surface area contributed by atoms with Crippen LogP contribution in [-0.4, -0.2) is 29.6 Å². The molecule has 0 unspecified atom stereocenters. The van der Waals surface area contributed by atoms with E-state index in [1.165, 1.54) is 5.57 Å². The van der Waals surface area contributed by atoms with Crippen LogP contribution >= 0.6 is 0 Å². The zero-order valence-electron chi connectivity index (χ0n) is 18.3. The van der Waals surface area contributed by atoms with Gasteiger partial charge in [0.1, 0.15) is 0 Å². The predicted molar refractivity (Wildman–Crippen MR) is 122 cm³/mol. The number of nitrogens with zero attached hydrogens (tertiary/aromatic N) is 2. The fraction of sp³-hybridized carbons (Fsp3) is 0.458. The highest BCUT2D eigenvalue weighted by atomic mass is 16.5. The topological polar surface area (TPSA) is 63.4 Å². The first kappa shape index (κ1) is 22.8. The van der Waals surface area contributed by atoms with Gasteiger partial charge in [-0.1, -0.05) is 17.7 Å². The van der Waals surface area contributed by atoms with Gasteiger partial charge < -0.3 is 20.7 Å². The van der Waals surface area contributed by atoms with Crippen LogP contribution in [0.5, 0.6) is 0 Å². The van der Waals surface area contributed by atoms with Gasteiger partial charge in [-0.15, -0.1) is 0 Å². The summed E-state index contributed by atoms with van der Waals surface area (Å²) >= 11 is 0. The maximum Gasteiger partial charge on any atom is 0.0568 e. The van der Waals surface area contributed by atoms with Crippen molar-refractivity contribution in [1.82, 2.24) is 9.88 Å². The molecule has 0 atom stereocenters. The highest BCUT2D eigenvalue weighted by Crippen LogP contribution is 2.19. The Balaban J connectivity index is 2.08. The van der Waals surface area contributed by atoms with Crippen LogP contribution in [0, 0.1) is 12.8 Å². The van der Waals surface area contributed by atoms with Crippen molar-refractivity contribution in [2.45, 2.75) is 47.0 Å². The number of hydrogen-bond donors (Lipinski definition) is 2. The molecule has 1 fully saturated rings. The summed E-state index contributed by atoms with van der Waals surface area (Å²) in [4.78, 5) is 6.67. The van der Waals surface area contributed by atoms with Gasteiger partial charge in [0.2, 0.25) is 0 Å². The molecule has 1 aromatic rings. The Labute approximate surface area is 176 Å². The maximum atomic E-state index is 5.53. The standard InChI is InChI=1S/C24H36N4O/c1-19(14-25)6-5-7-20(2)16-28(18-23-10-12-29-13-11-23)17-22(4)27-24-9-8-21(3)26-15-24/h5-6,8-9,14-17,23,27H,7,10-13,18,25H2,1-4H3/b6-5-,19-14-,20-16+,22-17+. The monoisotopic (exact) mass is 396 g/mol. The fourth-order valence-corrected chi connectivity index (χ4v) is 3.24. The maximum absolute atomic E-state index is 5.53. The number of allylic oxidation sites excluding steroid dienone is 5. The first-order chi connectivity index (χ1) is 14.0. The predicted octanol–water partition coefficient (Wildman–Crippen LogP) is 5.10.